The second-order valence-electron chi connectivity index (χ2n) is 3.05. The molecule has 0 aromatic heterocycles. The third-order valence-electron chi connectivity index (χ3n) is 2.11. The number of rotatable bonds is 2. The minimum atomic E-state index is -0.994. The van der Waals surface area contributed by atoms with E-state index in [1.165, 1.54) is 0 Å². The first-order valence-electron chi connectivity index (χ1n) is 3.82. The Morgan fingerprint density at radius 2 is 2.25 bits per heavy atom. The van der Waals surface area contributed by atoms with E-state index in [4.69, 9.17) is 23.2 Å². The van der Waals surface area contributed by atoms with Crippen molar-refractivity contribution in [3.8, 4) is 0 Å². The molecule has 12 heavy (non-hydrogen) atoms. The van der Waals surface area contributed by atoms with Gasteiger partial charge in [0.15, 0.2) is 0 Å². The zero-order valence-electron chi connectivity index (χ0n) is 6.48. The first kappa shape index (κ1) is 9.87. The minimum absolute atomic E-state index is 0.116. The summed E-state index contributed by atoms with van der Waals surface area (Å²) in [5.74, 6) is -0.829. The van der Waals surface area contributed by atoms with Crippen LogP contribution in [0.3, 0.4) is 0 Å². The molecule has 4 heteroatoms. The van der Waals surface area contributed by atoms with Crippen molar-refractivity contribution >= 4 is 29.2 Å². The number of carboxylic acids is 1. The summed E-state index contributed by atoms with van der Waals surface area (Å²) >= 11 is 11.1. The van der Waals surface area contributed by atoms with Crippen LogP contribution in [0.1, 0.15) is 25.7 Å². The highest BCUT2D eigenvalue weighted by Crippen LogP contribution is 2.36. The van der Waals surface area contributed by atoms with Crippen LogP contribution in [-0.2, 0) is 4.79 Å². The molecule has 0 aromatic rings. The van der Waals surface area contributed by atoms with Gasteiger partial charge in [-0.05, 0) is 37.2 Å². The van der Waals surface area contributed by atoms with Gasteiger partial charge < -0.3 is 9.90 Å². The van der Waals surface area contributed by atoms with E-state index in [1.807, 2.05) is 0 Å². The van der Waals surface area contributed by atoms with Gasteiger partial charge in [-0.25, -0.2) is 0 Å². The molecule has 1 atom stereocenters. The van der Waals surface area contributed by atoms with E-state index in [0.717, 1.165) is 18.4 Å². The summed E-state index contributed by atoms with van der Waals surface area (Å²) in [4.78, 5) is 10.2. The number of carbonyl (C=O) groups excluding carboxylic acids is 1. The van der Waals surface area contributed by atoms with Crippen LogP contribution in [0.4, 0.5) is 0 Å². The van der Waals surface area contributed by atoms with Crippen LogP contribution in [-0.4, -0.2) is 5.97 Å². The van der Waals surface area contributed by atoms with Gasteiger partial charge in [-0.1, -0.05) is 23.2 Å². The maximum atomic E-state index is 10.2. The molecule has 1 saturated carbocycles. The zero-order valence-corrected chi connectivity index (χ0v) is 7.99. The molecule has 0 aromatic carbocycles. The topological polar surface area (TPSA) is 40.1 Å². The minimum Gasteiger partial charge on any atom is -0.550 e. The van der Waals surface area contributed by atoms with Gasteiger partial charge in [0.1, 0.15) is 4.49 Å². The van der Waals surface area contributed by atoms with Gasteiger partial charge in [-0.2, -0.15) is 0 Å². The summed E-state index contributed by atoms with van der Waals surface area (Å²) < 4.78 is 0.302. The Kier molecular flexibility index (Phi) is 3.41. The van der Waals surface area contributed by atoms with Crippen molar-refractivity contribution in [3.63, 3.8) is 0 Å². The van der Waals surface area contributed by atoms with Crippen molar-refractivity contribution in [2.24, 2.45) is 5.92 Å². The number of halogens is 2. The summed E-state index contributed by atoms with van der Waals surface area (Å²) in [7, 11) is 0. The predicted octanol–water partition coefficient (Wildman–Crippen LogP) is 1.62. The summed E-state index contributed by atoms with van der Waals surface area (Å²) in [6.45, 7) is 0. The SMILES string of the molecule is O=C([O-])C[C@H]1CCC(=C(Cl)Cl)C1. The Balaban J connectivity index is 2.46. The third-order valence-corrected chi connectivity index (χ3v) is 2.65. The zero-order chi connectivity index (χ0) is 9.14. The van der Waals surface area contributed by atoms with Gasteiger partial charge in [0.05, 0.1) is 0 Å². The molecule has 0 spiro atoms. The fraction of sp³-hybridized carbons (Fsp3) is 0.625. The number of hydrogen-bond acceptors (Lipinski definition) is 2. The van der Waals surface area contributed by atoms with Crippen LogP contribution in [0.2, 0.25) is 0 Å². The molecule has 1 aliphatic carbocycles. The molecular formula is C8H9Cl2O2-. The molecule has 68 valence electrons. The Bertz CT molecular complexity index is 219. The van der Waals surface area contributed by atoms with Gasteiger partial charge in [-0.15, -0.1) is 0 Å². The van der Waals surface area contributed by atoms with Gasteiger partial charge >= 0.3 is 0 Å². The molecule has 0 aliphatic heterocycles. The molecule has 0 unspecified atom stereocenters. The van der Waals surface area contributed by atoms with E-state index in [-0.39, 0.29) is 12.3 Å². The number of carbonyl (C=O) groups is 1. The average Bonchev–Trinajstić information content (AvgIpc) is 2.34. The molecule has 1 rings (SSSR count). The van der Waals surface area contributed by atoms with Crippen LogP contribution in [0.15, 0.2) is 10.1 Å². The lowest BCUT2D eigenvalue weighted by molar-refractivity contribution is -0.306. The van der Waals surface area contributed by atoms with Crippen LogP contribution < -0.4 is 5.11 Å². The second-order valence-corrected chi connectivity index (χ2v) is 4.00. The predicted molar refractivity (Wildman–Crippen MR) is 45.7 cm³/mol. The highest BCUT2D eigenvalue weighted by atomic mass is 35.5. The Morgan fingerprint density at radius 3 is 2.67 bits per heavy atom. The molecule has 0 bridgehead atoms. The van der Waals surface area contributed by atoms with Crippen LogP contribution in [0.25, 0.3) is 0 Å². The molecule has 1 fully saturated rings. The van der Waals surface area contributed by atoms with Crippen molar-refractivity contribution in [1.82, 2.24) is 0 Å². The van der Waals surface area contributed by atoms with Crippen molar-refractivity contribution in [1.29, 1.82) is 0 Å². The highest BCUT2D eigenvalue weighted by molar-refractivity contribution is 6.56. The Labute approximate surface area is 81.2 Å². The lowest BCUT2D eigenvalue weighted by atomic mass is 10.0. The van der Waals surface area contributed by atoms with Crippen LogP contribution in [0, 0.1) is 5.92 Å². The summed E-state index contributed by atoms with van der Waals surface area (Å²) in [5, 5.41) is 10.2. The smallest absolute Gasteiger partial charge is 0.106 e. The summed E-state index contributed by atoms with van der Waals surface area (Å²) in [6, 6.07) is 0. The highest BCUT2D eigenvalue weighted by Gasteiger charge is 2.21. The van der Waals surface area contributed by atoms with Crippen molar-refractivity contribution in [3.05, 3.63) is 10.1 Å². The quantitative estimate of drug-likeness (QED) is 0.691. The largest absolute Gasteiger partial charge is 0.550 e. The number of carboxylic acid groups (broad SMARTS) is 1. The normalized spacial score (nSPS) is 22.8. The molecule has 0 saturated heterocycles. The van der Waals surface area contributed by atoms with Crippen LogP contribution >= 0.6 is 23.2 Å². The average molecular weight is 208 g/mol. The van der Waals surface area contributed by atoms with E-state index < -0.39 is 5.97 Å². The molecule has 0 amide bonds. The fourth-order valence-electron chi connectivity index (χ4n) is 1.51. The first-order valence-corrected chi connectivity index (χ1v) is 4.58. The molecule has 0 heterocycles. The fourth-order valence-corrected chi connectivity index (χ4v) is 1.86. The van der Waals surface area contributed by atoms with Crippen molar-refractivity contribution in [2.45, 2.75) is 25.7 Å². The Morgan fingerprint density at radius 1 is 1.58 bits per heavy atom. The Hall–Kier alpha value is -0.210. The molecule has 1 aliphatic rings. The molecular weight excluding hydrogens is 199 g/mol. The maximum Gasteiger partial charge on any atom is 0.106 e. The van der Waals surface area contributed by atoms with Gasteiger partial charge in [-0.3, -0.25) is 0 Å². The van der Waals surface area contributed by atoms with E-state index >= 15 is 0 Å². The molecule has 0 radical (unpaired) electrons. The van der Waals surface area contributed by atoms with E-state index in [0.29, 0.717) is 10.9 Å². The monoisotopic (exact) mass is 207 g/mol. The summed E-state index contributed by atoms with van der Waals surface area (Å²) in [5.41, 5.74) is 0.976. The van der Waals surface area contributed by atoms with Crippen LogP contribution in [0.5, 0.6) is 0 Å². The van der Waals surface area contributed by atoms with E-state index in [9.17, 15) is 9.90 Å². The van der Waals surface area contributed by atoms with Crippen molar-refractivity contribution in [2.75, 3.05) is 0 Å². The van der Waals surface area contributed by atoms with E-state index in [1.54, 1.807) is 0 Å². The number of hydrogen-bond donors (Lipinski definition) is 0. The lowest BCUT2D eigenvalue weighted by Crippen LogP contribution is -2.24. The van der Waals surface area contributed by atoms with Gasteiger partial charge in [0, 0.05) is 5.97 Å². The van der Waals surface area contributed by atoms with Gasteiger partial charge in [0.2, 0.25) is 0 Å². The number of aliphatic carboxylic acids is 1. The van der Waals surface area contributed by atoms with Crippen molar-refractivity contribution < 1.29 is 9.90 Å². The van der Waals surface area contributed by atoms with E-state index in [2.05, 4.69) is 0 Å². The van der Waals surface area contributed by atoms with Gasteiger partial charge in [0.25, 0.3) is 0 Å². The lowest BCUT2D eigenvalue weighted by Gasteiger charge is -2.07. The number of allylic oxidation sites excluding steroid dienone is 1. The molecule has 2 nitrogen and oxygen atoms in total. The summed E-state index contributed by atoms with van der Waals surface area (Å²) in [6.07, 6.45) is 2.49. The second kappa shape index (κ2) is 4.15. The maximum absolute atomic E-state index is 10.2. The molecule has 0 N–H and O–H groups in total. The third kappa shape index (κ3) is 2.68. The first-order chi connectivity index (χ1) is 5.59. The standard InChI is InChI=1S/C8H10Cl2O2/c9-8(10)6-2-1-5(3-6)4-7(11)12/h5H,1-4H2,(H,11,12)/p-1/t5-/m0/s1.